The molecule has 1 rings (SSSR count). The van der Waals surface area contributed by atoms with Gasteiger partial charge in [0.05, 0.1) is 6.10 Å². The van der Waals surface area contributed by atoms with Crippen LogP contribution in [0.25, 0.3) is 0 Å². The average Bonchev–Trinajstić information content (AvgIpc) is 2.48. The molecule has 0 bridgehead atoms. The SMILES string of the molecule is CCCCC[C@@H]1C[C@@H]1O. The maximum absolute atomic E-state index is 8.93. The van der Waals surface area contributed by atoms with Crippen molar-refractivity contribution in [1.29, 1.82) is 0 Å². The third-order valence-electron chi connectivity index (χ3n) is 2.06. The summed E-state index contributed by atoms with van der Waals surface area (Å²) in [5.41, 5.74) is 0. The van der Waals surface area contributed by atoms with E-state index in [1.165, 1.54) is 25.7 Å². The van der Waals surface area contributed by atoms with Crippen LogP contribution in [0, 0.1) is 5.92 Å². The van der Waals surface area contributed by atoms with E-state index in [2.05, 4.69) is 6.92 Å². The summed E-state index contributed by atoms with van der Waals surface area (Å²) in [5.74, 6) is 0.677. The van der Waals surface area contributed by atoms with Crippen LogP contribution < -0.4 is 0 Å². The number of hydrogen-bond acceptors (Lipinski definition) is 1. The Labute approximate surface area is 57.1 Å². The van der Waals surface area contributed by atoms with Crippen LogP contribution in [0.15, 0.2) is 0 Å². The molecule has 2 atom stereocenters. The van der Waals surface area contributed by atoms with Crippen molar-refractivity contribution in [3.8, 4) is 0 Å². The van der Waals surface area contributed by atoms with Gasteiger partial charge in [0.25, 0.3) is 0 Å². The highest BCUT2D eigenvalue weighted by Gasteiger charge is 2.33. The predicted molar refractivity (Wildman–Crippen MR) is 38.3 cm³/mol. The van der Waals surface area contributed by atoms with Gasteiger partial charge >= 0.3 is 0 Å². The normalized spacial score (nSPS) is 32.7. The Kier molecular flexibility index (Phi) is 2.52. The third-order valence-corrected chi connectivity index (χ3v) is 2.06. The smallest absolute Gasteiger partial charge is 0.0573 e. The molecule has 0 aromatic carbocycles. The molecule has 0 unspecified atom stereocenters. The predicted octanol–water partition coefficient (Wildman–Crippen LogP) is 1.95. The summed E-state index contributed by atoms with van der Waals surface area (Å²) < 4.78 is 0. The van der Waals surface area contributed by atoms with Gasteiger partial charge in [-0.2, -0.15) is 0 Å². The highest BCUT2D eigenvalue weighted by atomic mass is 16.3. The second-order valence-electron chi connectivity index (χ2n) is 3.06. The van der Waals surface area contributed by atoms with Crippen molar-refractivity contribution in [1.82, 2.24) is 0 Å². The molecule has 0 aliphatic heterocycles. The van der Waals surface area contributed by atoms with Crippen LogP contribution in [0.3, 0.4) is 0 Å². The van der Waals surface area contributed by atoms with E-state index in [1.54, 1.807) is 0 Å². The van der Waals surface area contributed by atoms with Gasteiger partial charge in [-0.05, 0) is 18.8 Å². The summed E-state index contributed by atoms with van der Waals surface area (Å²) in [6, 6.07) is 0. The first-order chi connectivity index (χ1) is 4.34. The van der Waals surface area contributed by atoms with Gasteiger partial charge in [-0.15, -0.1) is 0 Å². The molecule has 1 nitrogen and oxygen atoms in total. The van der Waals surface area contributed by atoms with Crippen molar-refractivity contribution < 1.29 is 5.11 Å². The minimum absolute atomic E-state index is 0.0712. The molecule has 1 saturated carbocycles. The molecule has 0 amide bonds. The maximum Gasteiger partial charge on any atom is 0.0573 e. The Morgan fingerprint density at radius 1 is 1.44 bits per heavy atom. The summed E-state index contributed by atoms with van der Waals surface area (Å²) >= 11 is 0. The number of aliphatic hydroxyl groups excluding tert-OH is 1. The molecule has 1 fully saturated rings. The van der Waals surface area contributed by atoms with E-state index in [1.807, 2.05) is 0 Å². The van der Waals surface area contributed by atoms with Crippen LogP contribution in [0.5, 0.6) is 0 Å². The van der Waals surface area contributed by atoms with Crippen molar-refractivity contribution in [2.75, 3.05) is 0 Å². The van der Waals surface area contributed by atoms with Crippen LogP contribution in [-0.2, 0) is 0 Å². The lowest BCUT2D eigenvalue weighted by Crippen LogP contribution is -1.85. The molecule has 0 heterocycles. The highest BCUT2D eigenvalue weighted by Crippen LogP contribution is 2.34. The standard InChI is InChI=1S/C8H16O/c1-2-3-4-5-7-6-8(7)9/h7-9H,2-6H2,1H3/t7-,8+/m1/s1. The van der Waals surface area contributed by atoms with Gasteiger partial charge < -0.3 is 5.11 Å². The fraction of sp³-hybridized carbons (Fsp3) is 1.00. The zero-order valence-corrected chi connectivity index (χ0v) is 6.14. The topological polar surface area (TPSA) is 20.2 Å². The fourth-order valence-electron chi connectivity index (χ4n) is 1.20. The highest BCUT2D eigenvalue weighted by molar-refractivity contribution is 4.84. The van der Waals surface area contributed by atoms with Gasteiger partial charge in [0.15, 0.2) is 0 Å². The molecule has 54 valence electrons. The van der Waals surface area contributed by atoms with Gasteiger partial charge in [0.2, 0.25) is 0 Å². The van der Waals surface area contributed by atoms with Gasteiger partial charge in [-0.1, -0.05) is 26.2 Å². The average molecular weight is 128 g/mol. The van der Waals surface area contributed by atoms with Crippen LogP contribution in [0.1, 0.15) is 39.0 Å². The molecule has 1 heteroatoms. The fourth-order valence-corrected chi connectivity index (χ4v) is 1.20. The van der Waals surface area contributed by atoms with E-state index in [0.717, 1.165) is 6.42 Å². The zero-order chi connectivity index (χ0) is 6.69. The minimum Gasteiger partial charge on any atom is -0.393 e. The van der Waals surface area contributed by atoms with Crippen molar-refractivity contribution in [3.05, 3.63) is 0 Å². The summed E-state index contributed by atoms with van der Waals surface area (Å²) in [7, 11) is 0. The van der Waals surface area contributed by atoms with E-state index >= 15 is 0 Å². The molecule has 0 radical (unpaired) electrons. The summed E-state index contributed by atoms with van der Waals surface area (Å²) in [5, 5.41) is 8.93. The Balaban J connectivity index is 1.83. The van der Waals surface area contributed by atoms with Crippen LogP contribution in [-0.4, -0.2) is 11.2 Å². The molecule has 9 heavy (non-hydrogen) atoms. The number of rotatable bonds is 4. The molecule has 0 aromatic heterocycles. The summed E-state index contributed by atoms with van der Waals surface area (Å²) in [6.07, 6.45) is 6.35. The second-order valence-corrected chi connectivity index (χ2v) is 3.06. The summed E-state index contributed by atoms with van der Waals surface area (Å²) in [6.45, 7) is 2.21. The van der Waals surface area contributed by atoms with Crippen molar-refractivity contribution in [3.63, 3.8) is 0 Å². The molecule has 1 aliphatic carbocycles. The molecule has 1 aliphatic rings. The molecule has 0 spiro atoms. The van der Waals surface area contributed by atoms with Crippen LogP contribution in [0.2, 0.25) is 0 Å². The van der Waals surface area contributed by atoms with Crippen molar-refractivity contribution in [2.45, 2.75) is 45.1 Å². The van der Waals surface area contributed by atoms with E-state index in [-0.39, 0.29) is 6.10 Å². The lowest BCUT2D eigenvalue weighted by molar-refractivity contribution is 0.255. The van der Waals surface area contributed by atoms with E-state index in [4.69, 9.17) is 5.11 Å². The first-order valence-electron chi connectivity index (χ1n) is 4.02. The van der Waals surface area contributed by atoms with Gasteiger partial charge in [0, 0.05) is 0 Å². The Morgan fingerprint density at radius 2 is 2.11 bits per heavy atom. The lowest BCUT2D eigenvalue weighted by atomic mass is 10.1. The van der Waals surface area contributed by atoms with Crippen molar-refractivity contribution in [2.24, 2.45) is 5.92 Å². The molecular formula is C8H16O. The van der Waals surface area contributed by atoms with Gasteiger partial charge in [-0.25, -0.2) is 0 Å². The first kappa shape index (κ1) is 7.07. The quantitative estimate of drug-likeness (QED) is 0.574. The Morgan fingerprint density at radius 3 is 2.56 bits per heavy atom. The Bertz CT molecular complexity index is 80.6. The third kappa shape index (κ3) is 2.35. The number of aliphatic hydroxyl groups is 1. The monoisotopic (exact) mass is 128 g/mol. The van der Waals surface area contributed by atoms with Crippen LogP contribution >= 0.6 is 0 Å². The van der Waals surface area contributed by atoms with E-state index in [9.17, 15) is 0 Å². The number of unbranched alkanes of at least 4 members (excludes halogenated alkanes) is 2. The maximum atomic E-state index is 8.93. The van der Waals surface area contributed by atoms with Gasteiger partial charge in [0.1, 0.15) is 0 Å². The summed E-state index contributed by atoms with van der Waals surface area (Å²) in [4.78, 5) is 0. The molecule has 0 saturated heterocycles. The molecule has 0 aromatic rings. The Hall–Kier alpha value is -0.0400. The largest absolute Gasteiger partial charge is 0.393 e. The zero-order valence-electron chi connectivity index (χ0n) is 6.14. The second kappa shape index (κ2) is 3.21. The van der Waals surface area contributed by atoms with Gasteiger partial charge in [-0.3, -0.25) is 0 Å². The minimum atomic E-state index is 0.0712. The van der Waals surface area contributed by atoms with E-state index < -0.39 is 0 Å². The lowest BCUT2D eigenvalue weighted by Gasteiger charge is -1.93. The first-order valence-corrected chi connectivity index (χ1v) is 4.02. The molecule has 1 N–H and O–H groups in total. The van der Waals surface area contributed by atoms with Crippen molar-refractivity contribution >= 4 is 0 Å². The van der Waals surface area contributed by atoms with Crippen LogP contribution in [0.4, 0.5) is 0 Å². The van der Waals surface area contributed by atoms with E-state index in [0.29, 0.717) is 5.92 Å². The molecular weight excluding hydrogens is 112 g/mol. The number of hydrogen-bond donors (Lipinski definition) is 1.